The summed E-state index contributed by atoms with van der Waals surface area (Å²) >= 11 is 0. The molecule has 6 nitrogen and oxygen atoms in total. The van der Waals surface area contributed by atoms with Crippen molar-refractivity contribution >= 4 is 11.1 Å². The summed E-state index contributed by atoms with van der Waals surface area (Å²) in [6, 6.07) is 20.1. The van der Waals surface area contributed by atoms with Gasteiger partial charge in [-0.05, 0) is 55.5 Å². The fourth-order valence-electron chi connectivity index (χ4n) is 2.98. The summed E-state index contributed by atoms with van der Waals surface area (Å²) in [7, 11) is 0. The Bertz CT molecular complexity index is 1530. The molecule has 9 heteroatoms. The largest absolute Gasteiger partial charge is 0.457 e. The van der Waals surface area contributed by atoms with Gasteiger partial charge in [0.2, 0.25) is 0 Å². The van der Waals surface area contributed by atoms with Gasteiger partial charge in [0.15, 0.2) is 0 Å². The van der Waals surface area contributed by atoms with E-state index in [2.05, 4.69) is 0 Å². The number of alkyl halides is 3. The Morgan fingerprint density at radius 3 is 1.37 bits per heavy atom. The minimum Gasteiger partial charge on any atom is -0.457 e. The number of nitrogens with zero attached hydrogens (tertiary/aromatic N) is 4. The van der Waals surface area contributed by atoms with Crippen LogP contribution in [0, 0.1) is 52.2 Å². The fourth-order valence-corrected chi connectivity index (χ4v) is 2.98. The quantitative estimate of drug-likeness (QED) is 0.531. The van der Waals surface area contributed by atoms with Crippen LogP contribution in [0.1, 0.15) is 11.1 Å². The van der Waals surface area contributed by atoms with Crippen molar-refractivity contribution in [1.29, 1.82) is 21.0 Å². The third-order valence-corrected chi connectivity index (χ3v) is 4.73. The maximum atomic E-state index is 12.9. The van der Waals surface area contributed by atoms with Crippen LogP contribution in [0.5, 0.6) is 23.0 Å². The Morgan fingerprint density at radius 1 is 0.657 bits per heavy atom. The van der Waals surface area contributed by atoms with E-state index in [-0.39, 0.29) is 38.8 Å². The Balaban J connectivity index is 2.26. The van der Waals surface area contributed by atoms with E-state index in [4.69, 9.17) is 9.47 Å². The average molecular weight is 470 g/mol. The van der Waals surface area contributed by atoms with E-state index in [0.717, 1.165) is 29.8 Å². The van der Waals surface area contributed by atoms with E-state index >= 15 is 0 Å². The molecule has 0 fully saturated rings. The summed E-state index contributed by atoms with van der Waals surface area (Å²) in [5.41, 5.74) is -0.642. The molecule has 0 aliphatic carbocycles. The molecule has 0 aromatic heterocycles. The molecule has 0 saturated heterocycles. The molecule has 0 radical (unpaired) electrons. The second kappa shape index (κ2) is 10.1. The number of nitriles is 4. The number of benzene rings is 3. The van der Waals surface area contributed by atoms with Crippen molar-refractivity contribution in [1.82, 2.24) is 0 Å². The second-order valence-electron chi connectivity index (χ2n) is 7.08. The monoisotopic (exact) mass is 470 g/mol. The van der Waals surface area contributed by atoms with E-state index < -0.39 is 11.7 Å². The lowest BCUT2D eigenvalue weighted by Crippen LogP contribution is -2.18. The maximum absolute atomic E-state index is 12.9. The number of ether oxygens (including phenoxy) is 2. The molecule has 170 valence electrons. The highest BCUT2D eigenvalue weighted by Crippen LogP contribution is 2.31. The first kappa shape index (κ1) is 24.4. The van der Waals surface area contributed by atoms with Crippen LogP contribution in [0.15, 0.2) is 60.7 Å². The number of hydrogen-bond donors (Lipinski definition) is 0. The molecule has 0 atom stereocenters. The predicted molar refractivity (Wildman–Crippen MR) is 118 cm³/mol. The van der Waals surface area contributed by atoms with E-state index in [1.54, 1.807) is 48.5 Å². The van der Waals surface area contributed by atoms with Gasteiger partial charge in [-0.25, -0.2) is 0 Å². The Hall–Kier alpha value is -5.25. The lowest BCUT2D eigenvalue weighted by atomic mass is 10.1. The van der Waals surface area contributed by atoms with Gasteiger partial charge < -0.3 is 9.47 Å². The van der Waals surface area contributed by atoms with Gasteiger partial charge in [-0.15, -0.1) is 0 Å². The zero-order chi connectivity index (χ0) is 25.6. The predicted octanol–water partition coefficient (Wildman–Crippen LogP) is 4.99. The van der Waals surface area contributed by atoms with E-state index in [0.29, 0.717) is 5.75 Å². The van der Waals surface area contributed by atoms with Crippen molar-refractivity contribution in [3.8, 4) is 47.3 Å². The summed E-state index contributed by atoms with van der Waals surface area (Å²) in [5.74, 6) is 0.217. The van der Waals surface area contributed by atoms with E-state index in [9.17, 15) is 34.2 Å². The van der Waals surface area contributed by atoms with Gasteiger partial charge in [-0.3, -0.25) is 0 Å². The first-order valence-corrected chi connectivity index (χ1v) is 9.83. The average Bonchev–Trinajstić information content (AvgIpc) is 2.84. The second-order valence-corrected chi connectivity index (χ2v) is 7.08. The van der Waals surface area contributed by atoms with Crippen molar-refractivity contribution in [2.45, 2.75) is 13.1 Å². The van der Waals surface area contributed by atoms with Crippen molar-refractivity contribution < 1.29 is 22.6 Å². The van der Waals surface area contributed by atoms with Crippen LogP contribution in [0.4, 0.5) is 13.2 Å². The highest BCUT2D eigenvalue weighted by Gasteiger charge is 2.30. The van der Waals surface area contributed by atoms with Gasteiger partial charge in [-0.2, -0.15) is 34.2 Å². The molecular formula is C26H13F3N4O2. The van der Waals surface area contributed by atoms with Gasteiger partial charge in [0.25, 0.3) is 0 Å². The number of hydrogen-bond acceptors (Lipinski definition) is 6. The van der Waals surface area contributed by atoms with E-state index in [1.807, 2.05) is 6.92 Å². The summed E-state index contributed by atoms with van der Waals surface area (Å²) in [4.78, 5) is 0. The Labute approximate surface area is 197 Å². The summed E-state index contributed by atoms with van der Waals surface area (Å²) < 4.78 is 50.2. The third kappa shape index (κ3) is 5.57. The number of rotatable bonds is 4. The molecule has 0 saturated carbocycles. The molecule has 0 heterocycles. The normalized spacial score (nSPS) is 10.2. The molecule has 0 aliphatic heterocycles. The van der Waals surface area contributed by atoms with Crippen LogP contribution in [-0.2, 0) is 6.18 Å². The highest BCUT2D eigenvalue weighted by atomic mass is 19.4. The van der Waals surface area contributed by atoms with Crippen molar-refractivity contribution in [2.75, 3.05) is 0 Å². The molecule has 3 aromatic carbocycles. The molecule has 0 spiro atoms. The highest BCUT2D eigenvalue weighted by molar-refractivity contribution is 5.77. The minimum atomic E-state index is -4.54. The van der Waals surface area contributed by atoms with Gasteiger partial charge in [0, 0.05) is 10.4 Å². The summed E-state index contributed by atoms with van der Waals surface area (Å²) in [6.45, 7) is 1.87. The van der Waals surface area contributed by atoms with Crippen LogP contribution >= 0.6 is 0 Å². The first-order chi connectivity index (χ1) is 16.7. The molecule has 0 aliphatic rings. The molecule has 0 amide bonds. The molecular weight excluding hydrogens is 457 g/mol. The molecule has 3 aromatic rings. The number of halogens is 3. The van der Waals surface area contributed by atoms with Crippen LogP contribution < -0.4 is 19.9 Å². The fraction of sp³-hybridized carbons (Fsp3) is 0.0769. The molecule has 0 unspecified atom stereocenters. The van der Waals surface area contributed by atoms with Crippen LogP contribution in [0.2, 0.25) is 0 Å². The summed E-state index contributed by atoms with van der Waals surface area (Å²) in [6.07, 6.45) is -4.54. The van der Waals surface area contributed by atoms with Crippen LogP contribution in [-0.4, -0.2) is 0 Å². The van der Waals surface area contributed by atoms with Gasteiger partial charge in [0.1, 0.15) is 58.4 Å². The molecule has 35 heavy (non-hydrogen) atoms. The zero-order valence-electron chi connectivity index (χ0n) is 18.0. The minimum absolute atomic E-state index is 0.00437. The van der Waals surface area contributed by atoms with Crippen molar-refractivity contribution in [3.63, 3.8) is 0 Å². The Morgan fingerprint density at radius 2 is 1.03 bits per heavy atom. The lowest BCUT2D eigenvalue weighted by Gasteiger charge is -2.12. The van der Waals surface area contributed by atoms with E-state index in [1.165, 1.54) is 12.1 Å². The zero-order valence-corrected chi connectivity index (χ0v) is 18.0. The summed E-state index contributed by atoms with van der Waals surface area (Å²) in [5, 5.41) is 37.7. The standard InChI is InChI=1S/C26H13F3N4O2/c1-16-2-6-20(7-3-16)34-24-10-23(18(14-32)15-33)25(11-22(24)17(12-30)13-31)35-21-8-4-19(5-9-21)26(27,28)29/h2-11H,1H3. The maximum Gasteiger partial charge on any atom is 0.416 e. The van der Waals surface area contributed by atoms with Gasteiger partial charge in [0.05, 0.1) is 5.56 Å². The first-order valence-electron chi connectivity index (χ1n) is 9.83. The lowest BCUT2D eigenvalue weighted by molar-refractivity contribution is -0.137. The van der Waals surface area contributed by atoms with Crippen molar-refractivity contribution in [3.05, 3.63) is 82.2 Å². The topological polar surface area (TPSA) is 114 Å². The van der Waals surface area contributed by atoms with Gasteiger partial charge in [-0.1, -0.05) is 17.7 Å². The van der Waals surface area contributed by atoms with Crippen molar-refractivity contribution in [2.24, 2.45) is 0 Å². The third-order valence-electron chi connectivity index (χ3n) is 4.73. The van der Waals surface area contributed by atoms with Crippen LogP contribution in [0.3, 0.4) is 0 Å². The SMILES string of the molecule is Cc1ccc(Oc2cc(=C(C#N)C#N)c(Oc3ccc(C(F)(F)F)cc3)cc2=C(C#N)C#N)cc1. The van der Waals surface area contributed by atoms with Gasteiger partial charge >= 0.3 is 6.18 Å². The molecule has 0 N–H and O–H groups in total. The van der Waals surface area contributed by atoms with Crippen LogP contribution in [0.25, 0.3) is 11.1 Å². The Kier molecular flexibility index (Phi) is 7.06. The molecule has 0 bridgehead atoms. The smallest absolute Gasteiger partial charge is 0.416 e. The number of aryl methyl sites for hydroxylation is 1. The molecule has 3 rings (SSSR count).